The highest BCUT2D eigenvalue weighted by Gasteiger charge is 2.02. The molecule has 1 aromatic carbocycles. The van der Waals surface area contributed by atoms with Crippen molar-refractivity contribution in [2.24, 2.45) is 5.73 Å². The number of benzene rings is 1. The van der Waals surface area contributed by atoms with Crippen molar-refractivity contribution < 1.29 is 4.74 Å². The van der Waals surface area contributed by atoms with Gasteiger partial charge >= 0.3 is 0 Å². The number of ether oxygens (including phenoxy) is 1. The molecular formula is C10H13N5O. The van der Waals surface area contributed by atoms with Crippen LogP contribution in [0.15, 0.2) is 30.3 Å². The maximum Gasteiger partial charge on any atom is 0.212 e. The molecule has 1 heterocycles. The Morgan fingerprint density at radius 1 is 1.25 bits per heavy atom. The van der Waals surface area contributed by atoms with E-state index in [1.54, 1.807) is 0 Å². The van der Waals surface area contributed by atoms with Crippen LogP contribution >= 0.6 is 0 Å². The molecule has 0 spiro atoms. The zero-order chi connectivity index (χ0) is 11.2. The second-order valence-corrected chi connectivity index (χ2v) is 3.19. The van der Waals surface area contributed by atoms with Crippen LogP contribution in [0.2, 0.25) is 0 Å². The molecule has 0 aliphatic heterocycles. The van der Waals surface area contributed by atoms with E-state index in [1.807, 2.05) is 30.3 Å². The van der Waals surface area contributed by atoms with E-state index in [2.05, 4.69) is 15.4 Å². The number of rotatable bonds is 5. The Labute approximate surface area is 93.0 Å². The Morgan fingerprint density at radius 2 is 2.06 bits per heavy atom. The molecule has 16 heavy (non-hydrogen) atoms. The number of nitrogens with zero attached hydrogens (tertiary/aromatic N) is 4. The Bertz CT molecular complexity index is 428. The molecule has 0 bridgehead atoms. The van der Waals surface area contributed by atoms with Crippen molar-refractivity contribution >= 4 is 0 Å². The lowest BCUT2D eigenvalue weighted by molar-refractivity contribution is 0.295. The van der Waals surface area contributed by atoms with Crippen LogP contribution < -0.4 is 10.5 Å². The monoisotopic (exact) mass is 219 g/mol. The molecule has 2 rings (SSSR count). The molecular weight excluding hydrogens is 206 g/mol. The molecule has 0 saturated carbocycles. The zero-order valence-corrected chi connectivity index (χ0v) is 8.78. The lowest BCUT2D eigenvalue weighted by Gasteiger charge is -2.01. The fourth-order valence-electron chi connectivity index (χ4n) is 1.21. The molecule has 2 aromatic rings. The maximum absolute atomic E-state index is 5.47. The molecule has 6 heteroatoms. The summed E-state index contributed by atoms with van der Waals surface area (Å²) in [5.41, 5.74) is 5.37. The summed E-state index contributed by atoms with van der Waals surface area (Å²) >= 11 is 0. The van der Waals surface area contributed by atoms with E-state index in [4.69, 9.17) is 10.5 Å². The van der Waals surface area contributed by atoms with E-state index in [0.717, 1.165) is 5.75 Å². The Hall–Kier alpha value is -1.95. The van der Waals surface area contributed by atoms with Crippen molar-refractivity contribution in [2.75, 3.05) is 6.54 Å². The van der Waals surface area contributed by atoms with Gasteiger partial charge in [-0.25, -0.2) is 0 Å². The van der Waals surface area contributed by atoms with Crippen molar-refractivity contribution in [1.29, 1.82) is 0 Å². The molecule has 0 saturated heterocycles. The molecule has 2 N–H and O–H groups in total. The molecule has 0 amide bonds. The van der Waals surface area contributed by atoms with E-state index in [9.17, 15) is 0 Å². The van der Waals surface area contributed by atoms with Gasteiger partial charge in [-0.1, -0.05) is 18.2 Å². The first-order valence-electron chi connectivity index (χ1n) is 5.03. The molecule has 0 fully saturated rings. The predicted octanol–water partition coefficient (Wildman–Crippen LogP) is 0.211. The van der Waals surface area contributed by atoms with Crippen molar-refractivity contribution in [2.45, 2.75) is 13.2 Å². The summed E-state index contributed by atoms with van der Waals surface area (Å²) in [6.45, 7) is 1.38. The van der Waals surface area contributed by atoms with E-state index in [1.165, 1.54) is 4.80 Å². The van der Waals surface area contributed by atoms with Crippen molar-refractivity contribution in [3.05, 3.63) is 36.2 Å². The van der Waals surface area contributed by atoms with Crippen molar-refractivity contribution in [3.63, 3.8) is 0 Å². The summed E-state index contributed by atoms with van der Waals surface area (Å²) < 4.78 is 5.47. The number of hydrogen-bond acceptors (Lipinski definition) is 5. The van der Waals surface area contributed by atoms with E-state index >= 15 is 0 Å². The van der Waals surface area contributed by atoms with Gasteiger partial charge in [0.2, 0.25) is 5.82 Å². The van der Waals surface area contributed by atoms with Gasteiger partial charge in [0.1, 0.15) is 5.75 Å². The fourth-order valence-corrected chi connectivity index (χ4v) is 1.21. The first kappa shape index (κ1) is 10.6. The summed E-state index contributed by atoms with van der Waals surface area (Å²) in [5, 5.41) is 11.8. The largest absolute Gasteiger partial charge is 0.485 e. The quantitative estimate of drug-likeness (QED) is 0.777. The number of aromatic nitrogens is 4. The second-order valence-electron chi connectivity index (χ2n) is 3.19. The van der Waals surface area contributed by atoms with Crippen LogP contribution in [-0.4, -0.2) is 26.8 Å². The van der Waals surface area contributed by atoms with Crippen LogP contribution in [0, 0.1) is 0 Å². The lowest BCUT2D eigenvalue weighted by Crippen LogP contribution is -2.12. The van der Waals surface area contributed by atoms with E-state index < -0.39 is 0 Å². The lowest BCUT2D eigenvalue weighted by atomic mass is 10.3. The second kappa shape index (κ2) is 5.22. The van der Waals surface area contributed by atoms with Gasteiger partial charge in [-0.3, -0.25) is 0 Å². The Morgan fingerprint density at radius 3 is 2.81 bits per heavy atom. The molecule has 6 nitrogen and oxygen atoms in total. The molecule has 0 radical (unpaired) electrons. The number of tetrazole rings is 1. The fraction of sp³-hybridized carbons (Fsp3) is 0.300. The van der Waals surface area contributed by atoms with Gasteiger partial charge < -0.3 is 10.5 Å². The van der Waals surface area contributed by atoms with E-state index in [-0.39, 0.29) is 0 Å². The smallest absolute Gasteiger partial charge is 0.212 e. The minimum atomic E-state index is 0.314. The molecule has 1 aromatic heterocycles. The highest BCUT2D eigenvalue weighted by atomic mass is 16.5. The van der Waals surface area contributed by atoms with Crippen molar-refractivity contribution in [3.8, 4) is 5.75 Å². The summed E-state index contributed by atoms with van der Waals surface area (Å²) in [6.07, 6.45) is 0. The normalized spacial score (nSPS) is 10.3. The van der Waals surface area contributed by atoms with Gasteiger partial charge in [0, 0.05) is 6.54 Å². The third-order valence-electron chi connectivity index (χ3n) is 1.93. The Kier molecular flexibility index (Phi) is 3.45. The minimum Gasteiger partial charge on any atom is -0.485 e. The number of nitrogens with two attached hydrogens (primary N) is 1. The van der Waals surface area contributed by atoms with Crippen LogP contribution in [0.5, 0.6) is 5.75 Å². The van der Waals surface area contributed by atoms with Crippen LogP contribution in [0.4, 0.5) is 0 Å². The summed E-state index contributed by atoms with van der Waals surface area (Å²) in [4.78, 5) is 1.46. The summed E-state index contributed by atoms with van der Waals surface area (Å²) in [7, 11) is 0. The highest BCUT2D eigenvalue weighted by molar-refractivity contribution is 5.20. The first-order valence-corrected chi connectivity index (χ1v) is 5.03. The average Bonchev–Trinajstić information content (AvgIpc) is 2.76. The Balaban J connectivity index is 1.89. The minimum absolute atomic E-state index is 0.314. The molecule has 0 aliphatic rings. The van der Waals surface area contributed by atoms with Crippen molar-refractivity contribution in [1.82, 2.24) is 20.2 Å². The van der Waals surface area contributed by atoms with Gasteiger partial charge in [0.25, 0.3) is 0 Å². The predicted molar refractivity (Wildman–Crippen MR) is 57.6 cm³/mol. The summed E-state index contributed by atoms with van der Waals surface area (Å²) in [5.74, 6) is 1.34. The highest BCUT2D eigenvalue weighted by Crippen LogP contribution is 2.09. The average molecular weight is 219 g/mol. The maximum atomic E-state index is 5.47. The standard InChI is InChI=1S/C10H13N5O/c11-6-7-15-13-10(12-14-15)8-16-9-4-2-1-3-5-9/h1-5H,6-8,11H2. The van der Waals surface area contributed by atoms with Crippen LogP contribution in [-0.2, 0) is 13.2 Å². The SMILES string of the molecule is NCCn1nnc(COc2ccccc2)n1. The van der Waals surface area contributed by atoms with Gasteiger partial charge in [-0.2, -0.15) is 4.80 Å². The third kappa shape index (κ3) is 2.77. The molecule has 0 unspecified atom stereocenters. The van der Waals surface area contributed by atoms with E-state index in [0.29, 0.717) is 25.5 Å². The van der Waals surface area contributed by atoms with Gasteiger partial charge in [0.15, 0.2) is 6.61 Å². The third-order valence-corrected chi connectivity index (χ3v) is 1.93. The van der Waals surface area contributed by atoms with Crippen LogP contribution in [0.1, 0.15) is 5.82 Å². The summed E-state index contributed by atoms with van der Waals surface area (Å²) in [6, 6.07) is 9.51. The molecule has 0 atom stereocenters. The van der Waals surface area contributed by atoms with Crippen LogP contribution in [0.25, 0.3) is 0 Å². The van der Waals surface area contributed by atoms with Gasteiger partial charge in [0.05, 0.1) is 6.54 Å². The van der Waals surface area contributed by atoms with Gasteiger partial charge in [-0.05, 0) is 17.3 Å². The van der Waals surface area contributed by atoms with Crippen LogP contribution in [0.3, 0.4) is 0 Å². The number of para-hydroxylation sites is 1. The number of hydrogen-bond donors (Lipinski definition) is 1. The molecule has 84 valence electrons. The first-order chi connectivity index (χ1) is 7.88. The zero-order valence-electron chi connectivity index (χ0n) is 8.78. The molecule has 0 aliphatic carbocycles. The topological polar surface area (TPSA) is 78.9 Å². The van der Waals surface area contributed by atoms with Gasteiger partial charge in [-0.15, -0.1) is 10.2 Å².